The van der Waals surface area contributed by atoms with Crippen molar-refractivity contribution >= 4 is 29.3 Å². The van der Waals surface area contributed by atoms with Crippen LogP contribution in [-0.4, -0.2) is 42.6 Å². The molecule has 0 unspecified atom stereocenters. The van der Waals surface area contributed by atoms with Crippen molar-refractivity contribution in [2.45, 2.75) is 30.0 Å². The summed E-state index contributed by atoms with van der Waals surface area (Å²) < 4.78 is 13.5. The first-order valence-corrected chi connectivity index (χ1v) is 9.88. The van der Waals surface area contributed by atoms with E-state index in [1.807, 2.05) is 44.1 Å². The Hall–Kier alpha value is -2.38. The molecule has 0 aliphatic heterocycles. The van der Waals surface area contributed by atoms with Crippen molar-refractivity contribution in [3.05, 3.63) is 59.9 Å². The normalized spacial score (nSPS) is 13.1. The Labute approximate surface area is 169 Å². The number of nitrogens with one attached hydrogen (secondary N) is 2. The van der Waals surface area contributed by atoms with Gasteiger partial charge in [-0.15, -0.1) is 11.8 Å². The lowest BCUT2D eigenvalue weighted by Gasteiger charge is -2.25. The summed E-state index contributed by atoms with van der Waals surface area (Å²) in [5.41, 5.74) is 1.54. The number of hydrogen-bond acceptors (Lipinski definition) is 4. The number of thioether (sulfide) groups is 1. The Morgan fingerprint density at radius 3 is 2.39 bits per heavy atom. The standard InChI is InChI=1S/C21H26FN3O2S/c1-14(28-19-10-8-18(9-11-19)24-15(2)26)21(27)23-13-20(25(3)4)16-6-5-7-17(22)12-16/h5-12,14,20H,13H2,1-4H3,(H,23,27)(H,24,26)/t14-,20+/m0/s1. The summed E-state index contributed by atoms with van der Waals surface area (Å²) in [7, 11) is 3.80. The van der Waals surface area contributed by atoms with Crippen molar-refractivity contribution in [1.82, 2.24) is 10.2 Å². The van der Waals surface area contributed by atoms with Gasteiger partial charge >= 0.3 is 0 Å². The van der Waals surface area contributed by atoms with Gasteiger partial charge in [0.05, 0.1) is 11.3 Å². The second kappa shape index (κ2) is 10.2. The van der Waals surface area contributed by atoms with E-state index in [-0.39, 0.29) is 28.9 Å². The maximum absolute atomic E-state index is 13.5. The fourth-order valence-electron chi connectivity index (χ4n) is 2.73. The molecule has 0 saturated carbocycles. The molecular formula is C21H26FN3O2S. The molecule has 0 aliphatic rings. The maximum Gasteiger partial charge on any atom is 0.233 e. The first kappa shape index (κ1) is 21.9. The van der Waals surface area contributed by atoms with Gasteiger partial charge in [-0.2, -0.15) is 0 Å². The minimum atomic E-state index is -0.290. The molecule has 2 aromatic rings. The zero-order valence-corrected chi connectivity index (χ0v) is 17.3. The van der Waals surface area contributed by atoms with Gasteiger partial charge < -0.3 is 15.5 Å². The second-order valence-corrected chi connectivity index (χ2v) is 8.16. The molecule has 2 atom stereocenters. The quantitative estimate of drug-likeness (QED) is 0.660. The molecule has 0 bridgehead atoms. The average molecular weight is 404 g/mol. The van der Waals surface area contributed by atoms with Gasteiger partial charge in [-0.25, -0.2) is 4.39 Å². The van der Waals surface area contributed by atoms with Gasteiger partial charge in [-0.3, -0.25) is 9.59 Å². The second-order valence-electron chi connectivity index (χ2n) is 6.75. The third-order valence-corrected chi connectivity index (χ3v) is 5.30. The molecule has 2 N–H and O–H groups in total. The molecule has 0 spiro atoms. The van der Waals surface area contributed by atoms with Crippen LogP contribution in [0.3, 0.4) is 0 Å². The van der Waals surface area contributed by atoms with Crippen LogP contribution in [-0.2, 0) is 9.59 Å². The van der Waals surface area contributed by atoms with E-state index in [2.05, 4.69) is 10.6 Å². The molecule has 0 aromatic heterocycles. The van der Waals surface area contributed by atoms with E-state index in [0.29, 0.717) is 6.54 Å². The van der Waals surface area contributed by atoms with Crippen LogP contribution in [0.4, 0.5) is 10.1 Å². The minimum Gasteiger partial charge on any atom is -0.353 e. The number of rotatable bonds is 8. The van der Waals surface area contributed by atoms with Crippen molar-refractivity contribution in [3.63, 3.8) is 0 Å². The van der Waals surface area contributed by atoms with Crippen LogP contribution in [0.25, 0.3) is 0 Å². The van der Waals surface area contributed by atoms with Gasteiger partial charge in [0.2, 0.25) is 11.8 Å². The van der Waals surface area contributed by atoms with E-state index in [4.69, 9.17) is 0 Å². The van der Waals surface area contributed by atoms with Crippen LogP contribution >= 0.6 is 11.8 Å². The number of hydrogen-bond donors (Lipinski definition) is 2. The van der Waals surface area contributed by atoms with E-state index < -0.39 is 0 Å². The van der Waals surface area contributed by atoms with Crippen LogP contribution in [0, 0.1) is 5.82 Å². The summed E-state index contributed by atoms with van der Waals surface area (Å²) in [5, 5.41) is 5.38. The molecular weight excluding hydrogens is 377 g/mol. The monoisotopic (exact) mass is 403 g/mol. The number of benzene rings is 2. The van der Waals surface area contributed by atoms with Crippen molar-refractivity contribution in [3.8, 4) is 0 Å². The molecule has 7 heteroatoms. The van der Waals surface area contributed by atoms with Crippen molar-refractivity contribution in [2.75, 3.05) is 26.0 Å². The molecule has 5 nitrogen and oxygen atoms in total. The van der Waals surface area contributed by atoms with Crippen molar-refractivity contribution in [1.29, 1.82) is 0 Å². The summed E-state index contributed by atoms with van der Waals surface area (Å²) in [6.45, 7) is 3.69. The topological polar surface area (TPSA) is 61.4 Å². The highest BCUT2D eigenvalue weighted by atomic mass is 32.2. The predicted molar refractivity (Wildman–Crippen MR) is 112 cm³/mol. The van der Waals surface area contributed by atoms with E-state index in [1.54, 1.807) is 18.2 Å². The summed E-state index contributed by atoms with van der Waals surface area (Å²) in [6, 6.07) is 13.7. The highest BCUT2D eigenvalue weighted by molar-refractivity contribution is 8.00. The highest BCUT2D eigenvalue weighted by Gasteiger charge is 2.19. The minimum absolute atomic E-state index is 0.0841. The molecule has 0 radical (unpaired) electrons. The zero-order valence-electron chi connectivity index (χ0n) is 16.5. The summed E-state index contributed by atoms with van der Waals surface area (Å²) in [4.78, 5) is 26.5. The predicted octanol–water partition coefficient (Wildman–Crippen LogP) is 3.68. The van der Waals surface area contributed by atoms with Crippen LogP contribution in [0.5, 0.6) is 0 Å². The molecule has 2 aromatic carbocycles. The van der Waals surface area contributed by atoms with Crippen LogP contribution in [0.2, 0.25) is 0 Å². The third-order valence-electron chi connectivity index (χ3n) is 4.18. The molecule has 0 saturated heterocycles. The molecule has 150 valence electrons. The van der Waals surface area contributed by atoms with Crippen LogP contribution < -0.4 is 10.6 Å². The van der Waals surface area contributed by atoms with E-state index >= 15 is 0 Å². The largest absolute Gasteiger partial charge is 0.353 e. The lowest BCUT2D eigenvalue weighted by molar-refractivity contribution is -0.120. The SMILES string of the molecule is CC(=O)Nc1ccc(S[C@@H](C)C(=O)NC[C@H](c2cccc(F)c2)N(C)C)cc1. The van der Waals surface area contributed by atoms with Gasteiger partial charge in [-0.1, -0.05) is 12.1 Å². The molecule has 0 aliphatic carbocycles. The molecule has 0 heterocycles. The highest BCUT2D eigenvalue weighted by Crippen LogP contribution is 2.25. The fraction of sp³-hybridized carbons (Fsp3) is 0.333. The maximum atomic E-state index is 13.5. The van der Waals surface area contributed by atoms with Gasteiger partial charge in [0, 0.05) is 24.1 Å². The Bertz CT molecular complexity index is 812. The van der Waals surface area contributed by atoms with E-state index in [0.717, 1.165) is 16.1 Å². The molecule has 2 amide bonds. The van der Waals surface area contributed by atoms with Crippen molar-refractivity contribution < 1.29 is 14.0 Å². The van der Waals surface area contributed by atoms with E-state index in [9.17, 15) is 14.0 Å². The van der Waals surface area contributed by atoms with E-state index in [1.165, 1.54) is 30.8 Å². The first-order chi connectivity index (χ1) is 13.3. The summed E-state index contributed by atoms with van der Waals surface area (Å²) >= 11 is 1.44. The van der Waals surface area contributed by atoms with Crippen molar-refractivity contribution in [2.24, 2.45) is 0 Å². The van der Waals surface area contributed by atoms with Crippen LogP contribution in [0.15, 0.2) is 53.4 Å². The average Bonchev–Trinajstić information content (AvgIpc) is 2.62. The van der Waals surface area contributed by atoms with Gasteiger partial charge in [0.1, 0.15) is 5.82 Å². The summed E-state index contributed by atoms with van der Waals surface area (Å²) in [6.07, 6.45) is 0. The Morgan fingerprint density at radius 1 is 1.14 bits per heavy atom. The number of carbonyl (C=O) groups is 2. The number of amides is 2. The summed E-state index contributed by atoms with van der Waals surface area (Å²) in [5.74, 6) is -0.497. The number of nitrogens with zero attached hydrogens (tertiary/aromatic N) is 1. The molecule has 2 rings (SSSR count). The number of carbonyl (C=O) groups excluding carboxylic acids is 2. The number of anilines is 1. The zero-order chi connectivity index (χ0) is 20.7. The van der Waals surface area contributed by atoms with Gasteiger partial charge in [0.15, 0.2) is 0 Å². The number of halogens is 1. The van der Waals surface area contributed by atoms with Crippen LogP contribution in [0.1, 0.15) is 25.5 Å². The lowest BCUT2D eigenvalue weighted by Crippen LogP contribution is -2.38. The smallest absolute Gasteiger partial charge is 0.233 e. The molecule has 0 fully saturated rings. The first-order valence-electron chi connectivity index (χ1n) is 9.00. The Balaban J connectivity index is 1.92. The number of likely N-dealkylation sites (N-methyl/N-ethyl adjacent to an activating group) is 1. The van der Waals surface area contributed by atoms with Gasteiger partial charge in [0.25, 0.3) is 0 Å². The van der Waals surface area contributed by atoms with Gasteiger partial charge in [-0.05, 0) is 63.0 Å². The Kier molecular flexibility index (Phi) is 8.02. The Morgan fingerprint density at radius 2 is 1.82 bits per heavy atom. The fourth-order valence-corrected chi connectivity index (χ4v) is 3.62. The third kappa shape index (κ3) is 6.65. The molecule has 28 heavy (non-hydrogen) atoms. The lowest BCUT2D eigenvalue weighted by atomic mass is 10.1.